The van der Waals surface area contributed by atoms with Gasteiger partial charge in [-0.3, -0.25) is 4.98 Å². The third-order valence-electron chi connectivity index (χ3n) is 4.04. The quantitative estimate of drug-likeness (QED) is 0.511. The number of nitriles is 1. The molecule has 0 radical (unpaired) electrons. The van der Waals surface area contributed by atoms with Crippen molar-refractivity contribution in [2.45, 2.75) is 37.8 Å². The lowest BCUT2D eigenvalue weighted by Crippen LogP contribution is -2.41. The number of pyridine rings is 1. The molecular formula is C20H21N7O4S. The van der Waals surface area contributed by atoms with E-state index in [0.29, 0.717) is 22.2 Å². The smallest absolute Gasteiger partial charge is 0.425 e. The Morgan fingerprint density at radius 2 is 1.81 bits per heavy atom. The highest BCUT2D eigenvalue weighted by Gasteiger charge is 2.33. The van der Waals surface area contributed by atoms with Crippen molar-refractivity contribution < 1.29 is 17.9 Å². The molecule has 32 heavy (non-hydrogen) atoms. The molecule has 0 N–H and O–H groups in total. The monoisotopic (exact) mass is 455 g/mol. The van der Waals surface area contributed by atoms with Crippen LogP contribution in [0.3, 0.4) is 0 Å². The van der Waals surface area contributed by atoms with E-state index < -0.39 is 28.3 Å². The summed E-state index contributed by atoms with van der Waals surface area (Å²) < 4.78 is 31.4. The number of ether oxygens (including phenoxy) is 1. The highest BCUT2D eigenvalue weighted by Crippen LogP contribution is 2.22. The summed E-state index contributed by atoms with van der Waals surface area (Å²) in [7, 11) is -4.30. The molecule has 2 aromatic heterocycles. The second-order valence-corrected chi connectivity index (χ2v) is 9.54. The van der Waals surface area contributed by atoms with E-state index in [1.165, 1.54) is 29.1 Å². The van der Waals surface area contributed by atoms with Gasteiger partial charge in [-0.2, -0.15) is 14.4 Å². The number of amides is 1. The molecule has 0 saturated heterocycles. The van der Waals surface area contributed by atoms with Crippen molar-refractivity contribution in [2.75, 3.05) is 6.54 Å². The Labute approximate surface area is 185 Å². The molecule has 0 aliphatic heterocycles. The zero-order chi connectivity index (χ0) is 23.4. The van der Waals surface area contributed by atoms with Gasteiger partial charge in [-0.1, -0.05) is 0 Å². The fourth-order valence-electron chi connectivity index (χ4n) is 2.61. The Balaban J connectivity index is 1.81. The zero-order valence-corrected chi connectivity index (χ0v) is 18.5. The first-order valence-electron chi connectivity index (χ1n) is 9.50. The summed E-state index contributed by atoms with van der Waals surface area (Å²) in [6.07, 6.45) is 2.21. The first-order valence-corrected chi connectivity index (χ1v) is 10.9. The average molecular weight is 456 g/mol. The number of tetrazole rings is 1. The molecule has 2 heterocycles. The summed E-state index contributed by atoms with van der Waals surface area (Å²) in [5.41, 5.74) is 0.567. The first kappa shape index (κ1) is 22.8. The molecule has 3 rings (SSSR count). The Morgan fingerprint density at radius 1 is 1.16 bits per heavy atom. The van der Waals surface area contributed by atoms with E-state index in [2.05, 4.69) is 20.4 Å². The van der Waals surface area contributed by atoms with Crippen molar-refractivity contribution in [1.82, 2.24) is 29.5 Å². The van der Waals surface area contributed by atoms with Crippen LogP contribution in [-0.2, 0) is 21.3 Å². The van der Waals surface area contributed by atoms with Crippen molar-refractivity contribution in [3.63, 3.8) is 0 Å². The van der Waals surface area contributed by atoms with Crippen LogP contribution in [0.5, 0.6) is 0 Å². The van der Waals surface area contributed by atoms with Gasteiger partial charge >= 0.3 is 6.09 Å². The minimum Gasteiger partial charge on any atom is -0.443 e. The number of benzene rings is 1. The number of nitrogens with zero attached hydrogens (tertiary/aromatic N) is 7. The number of aromatic nitrogens is 5. The van der Waals surface area contributed by atoms with Crippen LogP contribution in [0, 0.1) is 11.3 Å². The lowest BCUT2D eigenvalue weighted by Gasteiger charge is -2.25. The van der Waals surface area contributed by atoms with E-state index in [-0.39, 0.29) is 4.90 Å². The fraction of sp³-hybridized carbons (Fsp3) is 0.300. The molecule has 1 aromatic carbocycles. The number of hydrogen-bond donors (Lipinski definition) is 0. The lowest BCUT2D eigenvalue weighted by atomic mass is 10.2. The lowest BCUT2D eigenvalue weighted by molar-refractivity contribution is 0.0406. The highest BCUT2D eigenvalue weighted by molar-refractivity contribution is 7.89. The average Bonchev–Trinajstić information content (AvgIpc) is 3.20. The van der Waals surface area contributed by atoms with Gasteiger partial charge in [0, 0.05) is 18.0 Å². The van der Waals surface area contributed by atoms with Crippen LogP contribution < -0.4 is 0 Å². The van der Waals surface area contributed by atoms with Gasteiger partial charge in [0.1, 0.15) is 12.1 Å². The standard InChI is InChI=1S/C20H21N7O4S/c1-20(2,3)31-19(28)26(13-10-21)32(29,30)17-6-4-16(5-7-17)18-23-25-27(24-18)14-15-8-11-22-12-9-15/h4-9,11-12H,13-14H2,1-3H3. The highest BCUT2D eigenvalue weighted by atomic mass is 32.2. The van der Waals surface area contributed by atoms with Crippen LogP contribution >= 0.6 is 0 Å². The predicted molar refractivity (Wildman–Crippen MR) is 112 cm³/mol. The van der Waals surface area contributed by atoms with E-state index in [1.807, 2.05) is 12.1 Å². The van der Waals surface area contributed by atoms with Crippen molar-refractivity contribution >= 4 is 16.1 Å². The topological polar surface area (TPSA) is 144 Å². The van der Waals surface area contributed by atoms with E-state index in [1.54, 1.807) is 39.2 Å². The first-order chi connectivity index (χ1) is 15.1. The Morgan fingerprint density at radius 3 is 2.41 bits per heavy atom. The number of rotatable bonds is 6. The Hall–Kier alpha value is -3.85. The number of sulfonamides is 1. The molecule has 0 bridgehead atoms. The van der Waals surface area contributed by atoms with Gasteiger partial charge in [-0.15, -0.1) is 10.2 Å². The summed E-state index contributed by atoms with van der Waals surface area (Å²) in [4.78, 5) is 17.5. The molecule has 0 spiro atoms. The third-order valence-corrected chi connectivity index (χ3v) is 5.76. The van der Waals surface area contributed by atoms with Gasteiger partial charge < -0.3 is 4.74 Å². The summed E-state index contributed by atoms with van der Waals surface area (Å²) in [5.74, 6) is 0.309. The predicted octanol–water partition coefficient (Wildman–Crippen LogP) is 2.23. The van der Waals surface area contributed by atoms with Crippen LogP contribution in [0.2, 0.25) is 0 Å². The zero-order valence-electron chi connectivity index (χ0n) is 17.7. The maximum Gasteiger partial charge on any atom is 0.425 e. The third kappa shape index (κ3) is 5.44. The summed E-state index contributed by atoms with van der Waals surface area (Å²) in [6.45, 7) is 4.54. The molecule has 3 aromatic rings. The Kier molecular flexibility index (Phi) is 6.50. The molecule has 166 valence electrons. The molecular weight excluding hydrogens is 434 g/mol. The van der Waals surface area contributed by atoms with Gasteiger partial charge in [0.25, 0.3) is 10.0 Å². The van der Waals surface area contributed by atoms with Crippen LogP contribution in [0.15, 0.2) is 53.7 Å². The van der Waals surface area contributed by atoms with Crippen LogP contribution in [-0.4, -0.2) is 56.2 Å². The molecule has 0 fully saturated rings. The second-order valence-electron chi connectivity index (χ2n) is 7.67. The molecule has 0 unspecified atom stereocenters. The van der Waals surface area contributed by atoms with Gasteiger partial charge in [0.15, 0.2) is 0 Å². The molecule has 0 saturated carbocycles. The number of carbonyl (C=O) groups excluding carboxylic acids is 1. The molecule has 0 atom stereocenters. The van der Waals surface area contributed by atoms with Gasteiger partial charge in [0.05, 0.1) is 17.5 Å². The van der Waals surface area contributed by atoms with Gasteiger partial charge in [-0.25, -0.2) is 13.2 Å². The normalized spacial score (nSPS) is 11.6. The SMILES string of the molecule is CC(C)(C)OC(=O)N(CC#N)S(=O)(=O)c1ccc(-c2nnn(Cc3ccncc3)n2)cc1. The fourth-order valence-corrected chi connectivity index (χ4v) is 3.80. The van der Waals surface area contributed by atoms with Crippen LogP contribution in [0.1, 0.15) is 26.3 Å². The van der Waals surface area contributed by atoms with E-state index >= 15 is 0 Å². The van der Waals surface area contributed by atoms with Crippen molar-refractivity contribution in [3.8, 4) is 17.5 Å². The minimum atomic E-state index is -4.30. The molecule has 12 heteroatoms. The molecule has 1 amide bonds. The molecule has 0 aliphatic rings. The molecule has 11 nitrogen and oxygen atoms in total. The van der Waals surface area contributed by atoms with E-state index in [0.717, 1.165) is 5.56 Å². The minimum absolute atomic E-state index is 0.175. The summed E-state index contributed by atoms with van der Waals surface area (Å²) in [5, 5.41) is 21.3. The van der Waals surface area contributed by atoms with Crippen LogP contribution in [0.4, 0.5) is 4.79 Å². The van der Waals surface area contributed by atoms with Gasteiger partial charge in [0.2, 0.25) is 5.82 Å². The summed E-state index contributed by atoms with van der Waals surface area (Å²) >= 11 is 0. The maximum atomic E-state index is 12.9. The van der Waals surface area contributed by atoms with Crippen molar-refractivity contribution in [1.29, 1.82) is 5.26 Å². The van der Waals surface area contributed by atoms with Crippen LogP contribution in [0.25, 0.3) is 11.4 Å². The number of carbonyl (C=O) groups is 1. The van der Waals surface area contributed by atoms with E-state index in [4.69, 9.17) is 10.00 Å². The van der Waals surface area contributed by atoms with Crippen molar-refractivity contribution in [3.05, 3.63) is 54.4 Å². The number of hydrogen-bond acceptors (Lipinski definition) is 9. The van der Waals surface area contributed by atoms with Crippen molar-refractivity contribution in [2.24, 2.45) is 0 Å². The molecule has 0 aliphatic carbocycles. The largest absolute Gasteiger partial charge is 0.443 e. The summed E-state index contributed by atoms with van der Waals surface area (Å²) in [6, 6.07) is 11.0. The van der Waals surface area contributed by atoms with E-state index in [9.17, 15) is 13.2 Å². The maximum absolute atomic E-state index is 12.9. The van der Waals surface area contributed by atoms with Gasteiger partial charge in [-0.05, 0) is 67.9 Å². The second kappa shape index (κ2) is 9.11. The Bertz CT molecular complexity index is 1230.